The van der Waals surface area contributed by atoms with Crippen molar-refractivity contribution in [2.75, 3.05) is 18.9 Å². The number of carbonyl (C=O) groups is 1. The first-order chi connectivity index (χ1) is 6.72. The fraction of sp³-hybridized carbons (Fsp3) is 0.500. The van der Waals surface area contributed by atoms with Crippen LogP contribution in [-0.4, -0.2) is 33.9 Å². The Morgan fingerprint density at radius 2 is 2.50 bits per heavy atom. The summed E-state index contributed by atoms with van der Waals surface area (Å²) in [5, 5.41) is 15.0. The Labute approximate surface area is 81.7 Å². The molecule has 0 aliphatic heterocycles. The highest BCUT2D eigenvalue weighted by atomic mass is 16.3. The van der Waals surface area contributed by atoms with Crippen molar-refractivity contribution in [2.24, 2.45) is 0 Å². The number of nitrogens with zero attached hydrogens (tertiary/aromatic N) is 2. The van der Waals surface area contributed by atoms with Gasteiger partial charge >= 0.3 is 0 Å². The van der Waals surface area contributed by atoms with Gasteiger partial charge in [0.2, 0.25) is 5.91 Å². The van der Waals surface area contributed by atoms with Crippen LogP contribution in [0.25, 0.3) is 0 Å². The number of nitrogens with two attached hydrogens (primary N) is 1. The maximum Gasteiger partial charge on any atom is 0.241 e. The van der Waals surface area contributed by atoms with E-state index in [9.17, 15) is 4.79 Å². The van der Waals surface area contributed by atoms with Crippen LogP contribution in [0.5, 0.6) is 0 Å². The van der Waals surface area contributed by atoms with Crippen molar-refractivity contribution >= 4 is 11.7 Å². The van der Waals surface area contributed by atoms with E-state index in [1.807, 2.05) is 0 Å². The minimum atomic E-state index is -0.137. The molecule has 78 valence electrons. The fourth-order valence-electron chi connectivity index (χ4n) is 0.975. The van der Waals surface area contributed by atoms with Gasteiger partial charge in [-0.1, -0.05) is 0 Å². The maximum atomic E-state index is 11.2. The Kier molecular flexibility index (Phi) is 3.93. The molecular weight excluding hydrogens is 184 g/mol. The number of aliphatic hydroxyl groups excluding tert-OH is 1. The monoisotopic (exact) mass is 198 g/mol. The van der Waals surface area contributed by atoms with E-state index in [0.717, 1.165) is 0 Å². The average Bonchev–Trinajstić information content (AvgIpc) is 2.52. The molecule has 0 atom stereocenters. The summed E-state index contributed by atoms with van der Waals surface area (Å²) in [5.41, 5.74) is 5.38. The van der Waals surface area contributed by atoms with E-state index >= 15 is 0 Å². The number of nitrogens with one attached hydrogen (secondary N) is 1. The summed E-state index contributed by atoms with van der Waals surface area (Å²) in [7, 11) is 0. The fourth-order valence-corrected chi connectivity index (χ4v) is 0.975. The number of aliphatic hydroxyl groups is 1. The van der Waals surface area contributed by atoms with E-state index < -0.39 is 0 Å². The summed E-state index contributed by atoms with van der Waals surface area (Å²) in [6.45, 7) is 0.712. The zero-order valence-corrected chi connectivity index (χ0v) is 7.81. The quantitative estimate of drug-likeness (QED) is 0.527. The van der Waals surface area contributed by atoms with Gasteiger partial charge in [-0.2, -0.15) is 5.10 Å². The van der Waals surface area contributed by atoms with E-state index in [-0.39, 0.29) is 19.1 Å². The van der Waals surface area contributed by atoms with Crippen molar-refractivity contribution in [1.82, 2.24) is 15.1 Å². The molecule has 0 bridgehead atoms. The molecule has 6 nitrogen and oxygen atoms in total. The van der Waals surface area contributed by atoms with Crippen molar-refractivity contribution in [1.29, 1.82) is 0 Å². The van der Waals surface area contributed by atoms with Crippen LogP contribution in [0.1, 0.15) is 6.42 Å². The smallest absolute Gasteiger partial charge is 0.241 e. The summed E-state index contributed by atoms with van der Waals surface area (Å²) in [6, 6.07) is 1.63. The third-order valence-electron chi connectivity index (χ3n) is 1.62. The van der Waals surface area contributed by atoms with Gasteiger partial charge in [0, 0.05) is 19.3 Å². The maximum absolute atomic E-state index is 11.2. The second kappa shape index (κ2) is 5.23. The first-order valence-electron chi connectivity index (χ1n) is 4.39. The molecule has 0 saturated carbocycles. The molecule has 0 radical (unpaired) electrons. The first-order valence-corrected chi connectivity index (χ1v) is 4.39. The number of hydrogen-bond acceptors (Lipinski definition) is 4. The number of amides is 1. The molecular formula is C8H14N4O2. The summed E-state index contributed by atoms with van der Waals surface area (Å²) in [6.07, 6.45) is 2.20. The van der Waals surface area contributed by atoms with Crippen LogP contribution in [0.2, 0.25) is 0 Å². The van der Waals surface area contributed by atoms with E-state index in [1.54, 1.807) is 12.3 Å². The number of carbonyl (C=O) groups excluding carboxylic acids is 1. The minimum Gasteiger partial charge on any atom is -0.396 e. The molecule has 0 unspecified atom stereocenters. The molecule has 6 heteroatoms. The van der Waals surface area contributed by atoms with E-state index in [4.69, 9.17) is 10.8 Å². The number of nitrogen functional groups attached to an aromatic ring is 1. The summed E-state index contributed by atoms with van der Waals surface area (Å²) < 4.78 is 1.46. The molecule has 0 aromatic carbocycles. The molecule has 1 heterocycles. The molecule has 4 N–H and O–H groups in total. The first kappa shape index (κ1) is 10.5. The number of hydrogen-bond donors (Lipinski definition) is 3. The lowest BCUT2D eigenvalue weighted by molar-refractivity contribution is -0.121. The lowest BCUT2D eigenvalue weighted by atomic mass is 10.4. The van der Waals surface area contributed by atoms with Crippen LogP contribution >= 0.6 is 0 Å². The van der Waals surface area contributed by atoms with Gasteiger partial charge in [0.05, 0.1) is 0 Å². The van der Waals surface area contributed by atoms with Gasteiger partial charge < -0.3 is 16.2 Å². The third-order valence-corrected chi connectivity index (χ3v) is 1.62. The molecule has 0 aliphatic carbocycles. The van der Waals surface area contributed by atoms with Gasteiger partial charge in [0.25, 0.3) is 0 Å². The number of rotatable bonds is 5. The molecule has 1 rings (SSSR count). The highest BCUT2D eigenvalue weighted by Crippen LogP contribution is 1.94. The third kappa shape index (κ3) is 3.44. The van der Waals surface area contributed by atoms with Gasteiger partial charge in [-0.15, -0.1) is 0 Å². The number of anilines is 1. The SMILES string of the molecule is Nc1ccn(CC(=O)NCCCO)n1. The lowest BCUT2D eigenvalue weighted by Gasteiger charge is -2.03. The van der Waals surface area contributed by atoms with Crippen molar-refractivity contribution in [3.63, 3.8) is 0 Å². The van der Waals surface area contributed by atoms with E-state index in [1.165, 1.54) is 4.68 Å². The van der Waals surface area contributed by atoms with Crippen LogP contribution < -0.4 is 11.1 Å². The predicted molar refractivity (Wildman–Crippen MR) is 51.4 cm³/mol. The van der Waals surface area contributed by atoms with Gasteiger partial charge in [-0.05, 0) is 12.5 Å². The van der Waals surface area contributed by atoms with Gasteiger partial charge in [0.15, 0.2) is 0 Å². The summed E-state index contributed by atoms with van der Waals surface area (Å²) in [5.74, 6) is 0.259. The predicted octanol–water partition coefficient (Wildman–Crippen LogP) is -1.04. The standard InChI is InChI=1S/C8H14N4O2/c9-7-2-4-12(11-7)6-8(14)10-3-1-5-13/h2,4,13H,1,3,5-6H2,(H2,9,11)(H,10,14). The highest BCUT2D eigenvalue weighted by Gasteiger charge is 2.02. The van der Waals surface area contributed by atoms with E-state index in [2.05, 4.69) is 10.4 Å². The van der Waals surface area contributed by atoms with Gasteiger partial charge in [0.1, 0.15) is 12.4 Å². The molecule has 0 spiro atoms. The van der Waals surface area contributed by atoms with Crippen molar-refractivity contribution < 1.29 is 9.90 Å². The van der Waals surface area contributed by atoms with Crippen LogP contribution in [0.3, 0.4) is 0 Å². The van der Waals surface area contributed by atoms with Gasteiger partial charge in [-0.25, -0.2) is 0 Å². The Morgan fingerprint density at radius 1 is 1.71 bits per heavy atom. The van der Waals surface area contributed by atoms with Crippen LogP contribution in [0.4, 0.5) is 5.82 Å². The second-order valence-corrected chi connectivity index (χ2v) is 2.87. The number of aromatic nitrogens is 2. The molecule has 14 heavy (non-hydrogen) atoms. The van der Waals surface area contributed by atoms with Crippen LogP contribution in [0.15, 0.2) is 12.3 Å². The van der Waals surface area contributed by atoms with E-state index in [0.29, 0.717) is 18.8 Å². The normalized spacial score (nSPS) is 10.1. The Bertz CT molecular complexity index is 297. The highest BCUT2D eigenvalue weighted by molar-refractivity contribution is 5.75. The topological polar surface area (TPSA) is 93.2 Å². The molecule has 0 saturated heterocycles. The van der Waals surface area contributed by atoms with Crippen LogP contribution in [0, 0.1) is 0 Å². The zero-order valence-electron chi connectivity index (χ0n) is 7.81. The summed E-state index contributed by atoms with van der Waals surface area (Å²) in [4.78, 5) is 11.2. The zero-order chi connectivity index (χ0) is 10.4. The minimum absolute atomic E-state index is 0.0784. The Balaban J connectivity index is 2.27. The lowest BCUT2D eigenvalue weighted by Crippen LogP contribution is -2.29. The molecule has 0 fully saturated rings. The summed E-state index contributed by atoms with van der Waals surface area (Å²) >= 11 is 0. The van der Waals surface area contributed by atoms with Crippen LogP contribution in [-0.2, 0) is 11.3 Å². The van der Waals surface area contributed by atoms with Crippen molar-refractivity contribution in [2.45, 2.75) is 13.0 Å². The molecule has 1 aromatic heterocycles. The Morgan fingerprint density at radius 3 is 3.07 bits per heavy atom. The molecule has 1 aromatic rings. The molecule has 1 amide bonds. The largest absolute Gasteiger partial charge is 0.396 e. The van der Waals surface area contributed by atoms with Gasteiger partial charge in [-0.3, -0.25) is 9.48 Å². The average molecular weight is 198 g/mol. The molecule has 0 aliphatic rings. The van der Waals surface area contributed by atoms with Crippen molar-refractivity contribution in [3.8, 4) is 0 Å². The Hall–Kier alpha value is -1.56. The second-order valence-electron chi connectivity index (χ2n) is 2.87. The van der Waals surface area contributed by atoms with Crippen molar-refractivity contribution in [3.05, 3.63) is 12.3 Å².